The van der Waals surface area contributed by atoms with Gasteiger partial charge in [-0.2, -0.15) is 4.98 Å². The van der Waals surface area contributed by atoms with Crippen molar-refractivity contribution in [2.75, 3.05) is 24.4 Å². The van der Waals surface area contributed by atoms with Crippen LogP contribution in [-0.4, -0.2) is 31.7 Å². The minimum absolute atomic E-state index is 0.187. The van der Waals surface area contributed by atoms with E-state index >= 15 is 0 Å². The fourth-order valence-electron chi connectivity index (χ4n) is 1.50. The van der Waals surface area contributed by atoms with Crippen LogP contribution in [0.4, 0.5) is 11.8 Å². The summed E-state index contributed by atoms with van der Waals surface area (Å²) in [6.07, 6.45) is 1.18. The van der Waals surface area contributed by atoms with Crippen molar-refractivity contribution in [2.45, 2.75) is 14.8 Å². The van der Waals surface area contributed by atoms with Crippen molar-refractivity contribution in [1.29, 1.82) is 0 Å². The monoisotopic (exact) mass is 310 g/mol. The molecule has 0 aliphatic rings. The van der Waals surface area contributed by atoms with Crippen molar-refractivity contribution >= 4 is 33.4 Å². The van der Waals surface area contributed by atoms with E-state index in [1.807, 2.05) is 0 Å². The van der Waals surface area contributed by atoms with Crippen molar-refractivity contribution in [3.05, 3.63) is 30.3 Å². The van der Waals surface area contributed by atoms with E-state index in [9.17, 15) is 8.42 Å². The molecule has 0 aliphatic heterocycles. The van der Waals surface area contributed by atoms with Gasteiger partial charge in [-0.05, 0) is 24.3 Å². The Labute approximate surface area is 121 Å². The summed E-state index contributed by atoms with van der Waals surface area (Å²) in [5.41, 5.74) is 5.61. The van der Waals surface area contributed by atoms with Gasteiger partial charge in [0, 0.05) is 24.3 Å². The molecule has 106 valence electrons. The lowest BCUT2D eigenvalue weighted by atomic mass is 10.4. The zero-order valence-corrected chi connectivity index (χ0v) is 12.6. The van der Waals surface area contributed by atoms with Crippen LogP contribution in [-0.2, 0) is 9.84 Å². The zero-order chi connectivity index (χ0) is 14.8. The van der Waals surface area contributed by atoms with E-state index in [-0.39, 0.29) is 5.95 Å². The van der Waals surface area contributed by atoms with Gasteiger partial charge in [0.05, 0.1) is 4.90 Å². The van der Waals surface area contributed by atoms with E-state index in [4.69, 9.17) is 5.73 Å². The summed E-state index contributed by atoms with van der Waals surface area (Å²) in [5.74, 6) is 0.819. The standard InChI is InChI=1S/C12H14N4O2S2/c1-14-10-7-11(16-12(13)15-10)19-8-3-5-9(6-4-8)20(2,17)18/h3-7H,1-2H3,(H3,13,14,15,16). The molecule has 0 atom stereocenters. The number of hydrogen-bond acceptors (Lipinski definition) is 7. The maximum atomic E-state index is 11.4. The molecule has 1 aromatic heterocycles. The van der Waals surface area contributed by atoms with Crippen molar-refractivity contribution in [3.8, 4) is 0 Å². The summed E-state index contributed by atoms with van der Waals surface area (Å²) < 4.78 is 22.8. The van der Waals surface area contributed by atoms with Crippen LogP contribution in [0.3, 0.4) is 0 Å². The molecule has 0 unspecified atom stereocenters. The van der Waals surface area contributed by atoms with Crippen LogP contribution in [0.25, 0.3) is 0 Å². The molecular weight excluding hydrogens is 296 g/mol. The van der Waals surface area contributed by atoms with Gasteiger partial charge in [-0.15, -0.1) is 0 Å². The predicted molar refractivity (Wildman–Crippen MR) is 79.7 cm³/mol. The van der Waals surface area contributed by atoms with Gasteiger partial charge in [-0.1, -0.05) is 11.8 Å². The van der Waals surface area contributed by atoms with Crippen LogP contribution >= 0.6 is 11.8 Å². The number of benzene rings is 1. The van der Waals surface area contributed by atoms with E-state index in [0.717, 1.165) is 4.90 Å². The Balaban J connectivity index is 2.24. The molecule has 0 bridgehead atoms. The van der Waals surface area contributed by atoms with Gasteiger partial charge in [0.25, 0.3) is 0 Å². The molecule has 0 radical (unpaired) electrons. The molecule has 20 heavy (non-hydrogen) atoms. The summed E-state index contributed by atoms with van der Waals surface area (Å²) in [5, 5.41) is 3.59. The lowest BCUT2D eigenvalue weighted by molar-refractivity contribution is 0.602. The number of anilines is 2. The third-order valence-electron chi connectivity index (χ3n) is 2.45. The molecule has 1 heterocycles. The molecule has 0 saturated carbocycles. The second-order valence-corrected chi connectivity index (χ2v) is 7.15. The first-order chi connectivity index (χ1) is 9.38. The normalized spacial score (nSPS) is 11.3. The van der Waals surface area contributed by atoms with E-state index in [0.29, 0.717) is 15.7 Å². The molecule has 0 saturated heterocycles. The van der Waals surface area contributed by atoms with Crippen LogP contribution in [0.2, 0.25) is 0 Å². The number of nitrogens with one attached hydrogen (secondary N) is 1. The maximum Gasteiger partial charge on any atom is 0.223 e. The third-order valence-corrected chi connectivity index (χ3v) is 4.50. The predicted octanol–water partition coefficient (Wildman–Crippen LogP) is 1.66. The highest BCUT2D eigenvalue weighted by Crippen LogP contribution is 2.28. The molecule has 2 rings (SSSR count). The fraction of sp³-hybridized carbons (Fsp3) is 0.167. The van der Waals surface area contributed by atoms with Crippen molar-refractivity contribution in [2.24, 2.45) is 0 Å². The molecular formula is C12H14N4O2S2. The summed E-state index contributed by atoms with van der Waals surface area (Å²) in [6.45, 7) is 0. The lowest BCUT2D eigenvalue weighted by Crippen LogP contribution is -2.00. The first kappa shape index (κ1) is 14.6. The molecule has 0 fully saturated rings. The van der Waals surface area contributed by atoms with E-state index in [1.165, 1.54) is 18.0 Å². The number of nitrogen functional groups attached to an aromatic ring is 1. The molecule has 0 amide bonds. The molecule has 2 aromatic rings. The molecule has 0 spiro atoms. The lowest BCUT2D eigenvalue weighted by Gasteiger charge is -2.05. The second-order valence-electron chi connectivity index (χ2n) is 4.05. The molecule has 0 aliphatic carbocycles. The van der Waals surface area contributed by atoms with Crippen LogP contribution in [0.5, 0.6) is 0 Å². The number of aromatic nitrogens is 2. The van der Waals surface area contributed by atoms with Gasteiger partial charge in [0.2, 0.25) is 5.95 Å². The molecule has 6 nitrogen and oxygen atoms in total. The van der Waals surface area contributed by atoms with E-state index in [1.54, 1.807) is 37.4 Å². The Hall–Kier alpha value is -1.80. The van der Waals surface area contributed by atoms with Crippen LogP contribution < -0.4 is 11.1 Å². The number of nitrogens with zero attached hydrogens (tertiary/aromatic N) is 2. The van der Waals surface area contributed by atoms with Gasteiger partial charge in [-0.3, -0.25) is 0 Å². The minimum atomic E-state index is -3.17. The first-order valence-corrected chi connectivity index (χ1v) is 8.39. The maximum absolute atomic E-state index is 11.4. The number of sulfone groups is 1. The average Bonchev–Trinajstić information content (AvgIpc) is 2.37. The second kappa shape index (κ2) is 5.68. The Morgan fingerprint density at radius 3 is 2.40 bits per heavy atom. The molecule has 8 heteroatoms. The van der Waals surface area contributed by atoms with E-state index < -0.39 is 9.84 Å². The van der Waals surface area contributed by atoms with Crippen molar-refractivity contribution < 1.29 is 8.42 Å². The van der Waals surface area contributed by atoms with Gasteiger partial charge < -0.3 is 11.1 Å². The topological polar surface area (TPSA) is 98.0 Å². The average molecular weight is 310 g/mol. The third kappa shape index (κ3) is 3.61. The Bertz CT molecular complexity index is 715. The van der Waals surface area contributed by atoms with Crippen LogP contribution in [0, 0.1) is 0 Å². The van der Waals surface area contributed by atoms with Gasteiger partial charge >= 0.3 is 0 Å². The zero-order valence-electron chi connectivity index (χ0n) is 11.0. The first-order valence-electron chi connectivity index (χ1n) is 5.69. The smallest absolute Gasteiger partial charge is 0.223 e. The number of hydrogen-bond donors (Lipinski definition) is 2. The highest BCUT2D eigenvalue weighted by atomic mass is 32.2. The Morgan fingerprint density at radius 1 is 1.20 bits per heavy atom. The summed E-state index contributed by atoms with van der Waals surface area (Å²) in [6, 6.07) is 8.38. The van der Waals surface area contributed by atoms with Crippen LogP contribution in [0.15, 0.2) is 45.1 Å². The molecule has 3 N–H and O–H groups in total. The summed E-state index contributed by atoms with van der Waals surface area (Å²) >= 11 is 1.38. The quantitative estimate of drug-likeness (QED) is 0.829. The number of nitrogens with two attached hydrogens (primary N) is 1. The minimum Gasteiger partial charge on any atom is -0.373 e. The summed E-state index contributed by atoms with van der Waals surface area (Å²) in [4.78, 5) is 9.29. The summed E-state index contributed by atoms with van der Waals surface area (Å²) in [7, 11) is -1.43. The number of rotatable bonds is 4. The van der Waals surface area contributed by atoms with Crippen molar-refractivity contribution in [1.82, 2.24) is 9.97 Å². The van der Waals surface area contributed by atoms with Crippen LogP contribution in [0.1, 0.15) is 0 Å². The van der Waals surface area contributed by atoms with E-state index in [2.05, 4.69) is 15.3 Å². The van der Waals surface area contributed by atoms with Crippen molar-refractivity contribution in [3.63, 3.8) is 0 Å². The van der Waals surface area contributed by atoms with Gasteiger partial charge in [0.1, 0.15) is 10.8 Å². The molecule has 1 aromatic carbocycles. The SMILES string of the molecule is CNc1cc(Sc2ccc(S(C)(=O)=O)cc2)nc(N)n1. The van der Waals surface area contributed by atoms with Gasteiger partial charge in [-0.25, -0.2) is 13.4 Å². The Kier molecular flexibility index (Phi) is 4.15. The Morgan fingerprint density at radius 2 is 1.85 bits per heavy atom. The highest BCUT2D eigenvalue weighted by Gasteiger charge is 2.08. The highest BCUT2D eigenvalue weighted by molar-refractivity contribution is 7.99. The van der Waals surface area contributed by atoms with Gasteiger partial charge in [0.15, 0.2) is 9.84 Å². The largest absolute Gasteiger partial charge is 0.373 e. The fourth-order valence-corrected chi connectivity index (χ4v) is 2.95.